The molecule has 0 N–H and O–H groups in total. The van der Waals surface area contributed by atoms with Crippen LogP contribution >= 0.6 is 0 Å². The van der Waals surface area contributed by atoms with E-state index < -0.39 is 18.2 Å². The predicted molar refractivity (Wildman–Crippen MR) is 47.1 cm³/mol. The van der Waals surface area contributed by atoms with Gasteiger partial charge in [0.05, 0.1) is 13.0 Å². The lowest BCUT2D eigenvalue weighted by Crippen LogP contribution is -2.40. The molecule has 0 bridgehead atoms. The van der Waals surface area contributed by atoms with Gasteiger partial charge in [-0.15, -0.1) is 0 Å². The van der Waals surface area contributed by atoms with Gasteiger partial charge in [0.15, 0.2) is 0 Å². The fraction of sp³-hybridized carbons (Fsp3) is 0.444. The summed E-state index contributed by atoms with van der Waals surface area (Å²) >= 11 is 0. The first-order valence-electron chi connectivity index (χ1n) is 4.69. The van der Waals surface area contributed by atoms with Crippen LogP contribution in [0.15, 0.2) is 12.2 Å². The number of carbonyl (C=O) groups excluding carboxylic acids is 3. The van der Waals surface area contributed by atoms with E-state index in [-0.39, 0.29) is 25.2 Å². The minimum absolute atomic E-state index is 0.0626. The Kier molecular flexibility index (Phi) is 2.97. The highest BCUT2D eigenvalue weighted by Gasteiger charge is 2.33. The van der Waals surface area contributed by atoms with Crippen molar-refractivity contribution >= 4 is 17.7 Å². The second-order valence-electron chi connectivity index (χ2n) is 3.25. The Hall–Kier alpha value is -1.73. The Balaban J connectivity index is 2.19. The summed E-state index contributed by atoms with van der Waals surface area (Å²) in [6.07, 6.45) is 0.975. The molecule has 7 nitrogen and oxygen atoms in total. The molecule has 0 radical (unpaired) electrons. The lowest BCUT2D eigenvalue weighted by Gasteiger charge is -2.25. The third kappa shape index (κ3) is 2.44. The summed E-state index contributed by atoms with van der Waals surface area (Å²) in [6, 6.07) is 0. The van der Waals surface area contributed by atoms with Crippen LogP contribution in [0.25, 0.3) is 0 Å². The predicted octanol–water partition coefficient (Wildman–Crippen LogP) is -0.520. The van der Waals surface area contributed by atoms with Gasteiger partial charge in [0.2, 0.25) is 6.23 Å². The third-order valence-electron chi connectivity index (χ3n) is 2.02. The number of Topliss-reactive ketones (excluding diaryl/α,β-unsaturated/α-hetero) is 1. The topological polar surface area (TPSA) is 82.1 Å². The monoisotopic (exact) mass is 227 g/mol. The van der Waals surface area contributed by atoms with Gasteiger partial charge in [-0.05, 0) is 0 Å². The number of hydrogen-bond acceptors (Lipinski definition) is 7. The molecule has 0 aromatic heterocycles. The largest absolute Gasteiger partial charge is 0.437 e. The second kappa shape index (κ2) is 4.42. The summed E-state index contributed by atoms with van der Waals surface area (Å²) in [5, 5.41) is 0.759. The molecule has 2 aliphatic heterocycles. The number of hydroxylamine groups is 2. The first-order valence-corrected chi connectivity index (χ1v) is 4.69. The van der Waals surface area contributed by atoms with Crippen LogP contribution in [0.5, 0.6) is 0 Å². The highest BCUT2D eigenvalue weighted by atomic mass is 17.0. The number of nitrogens with zero attached hydrogens (tertiary/aromatic N) is 1. The first-order chi connectivity index (χ1) is 7.65. The van der Waals surface area contributed by atoms with Crippen LogP contribution < -0.4 is 0 Å². The lowest BCUT2D eigenvalue weighted by atomic mass is 10.2. The number of rotatable bonds is 0. The Labute approximate surface area is 90.5 Å². The summed E-state index contributed by atoms with van der Waals surface area (Å²) in [4.78, 5) is 43.2. The van der Waals surface area contributed by atoms with Crippen LogP contribution in [0.1, 0.15) is 12.8 Å². The number of ketones is 1. The van der Waals surface area contributed by atoms with Crippen molar-refractivity contribution in [3.8, 4) is 0 Å². The van der Waals surface area contributed by atoms with Gasteiger partial charge in [-0.25, -0.2) is 9.59 Å². The highest BCUT2D eigenvalue weighted by Crippen LogP contribution is 2.16. The molecule has 7 heteroatoms. The molecule has 0 spiro atoms. The minimum atomic E-state index is -1.02. The van der Waals surface area contributed by atoms with E-state index in [9.17, 15) is 14.4 Å². The number of hydrogen-bond donors (Lipinski definition) is 0. The average molecular weight is 227 g/mol. The Morgan fingerprint density at radius 1 is 1.19 bits per heavy atom. The van der Waals surface area contributed by atoms with E-state index in [2.05, 4.69) is 0 Å². The maximum atomic E-state index is 11.3. The Morgan fingerprint density at radius 2 is 1.94 bits per heavy atom. The van der Waals surface area contributed by atoms with Crippen molar-refractivity contribution < 1.29 is 28.8 Å². The molecule has 0 saturated carbocycles. The van der Waals surface area contributed by atoms with Gasteiger partial charge in [0.1, 0.15) is 5.78 Å². The second-order valence-corrected chi connectivity index (χ2v) is 3.25. The van der Waals surface area contributed by atoms with Gasteiger partial charge in [0.25, 0.3) is 0 Å². The molecule has 1 saturated heterocycles. The molecular weight excluding hydrogens is 218 g/mol. The molecule has 0 amide bonds. The van der Waals surface area contributed by atoms with Crippen LogP contribution in [-0.4, -0.2) is 35.8 Å². The van der Waals surface area contributed by atoms with E-state index in [0.29, 0.717) is 0 Å². The fourth-order valence-electron chi connectivity index (χ4n) is 1.30. The molecule has 16 heavy (non-hydrogen) atoms. The summed E-state index contributed by atoms with van der Waals surface area (Å²) in [5.41, 5.74) is 0. The van der Waals surface area contributed by atoms with E-state index in [1.54, 1.807) is 0 Å². The van der Waals surface area contributed by atoms with E-state index in [4.69, 9.17) is 14.4 Å². The standard InChI is InChI=1S/C9H9NO6/c11-6-3-4-14-10-7(5-6)15-8(12)1-2-9(13)16-10/h1-2,7H,3-5H2/b2-1+. The van der Waals surface area contributed by atoms with Crippen LogP contribution in [-0.2, 0) is 28.8 Å². The number of fused-ring (bicyclic) bond motifs is 1. The Bertz CT molecular complexity index is 363. The lowest BCUT2D eigenvalue weighted by molar-refractivity contribution is -0.390. The molecular formula is C9H9NO6. The van der Waals surface area contributed by atoms with Crippen molar-refractivity contribution in [1.29, 1.82) is 0 Å². The molecule has 2 aliphatic rings. The van der Waals surface area contributed by atoms with Gasteiger partial charge in [0, 0.05) is 23.8 Å². The highest BCUT2D eigenvalue weighted by molar-refractivity contribution is 5.92. The average Bonchev–Trinajstić information content (AvgIpc) is 2.37. The maximum Gasteiger partial charge on any atom is 0.352 e. The first kappa shape index (κ1) is 10.8. The van der Waals surface area contributed by atoms with Crippen LogP contribution in [0.3, 0.4) is 0 Å². The molecule has 86 valence electrons. The van der Waals surface area contributed by atoms with Gasteiger partial charge < -0.3 is 9.57 Å². The van der Waals surface area contributed by atoms with Gasteiger partial charge in [-0.2, -0.15) is 0 Å². The fourth-order valence-corrected chi connectivity index (χ4v) is 1.30. The normalized spacial score (nSPS) is 29.2. The van der Waals surface area contributed by atoms with E-state index in [1.165, 1.54) is 0 Å². The molecule has 0 aromatic carbocycles. The van der Waals surface area contributed by atoms with Gasteiger partial charge in [-0.3, -0.25) is 9.63 Å². The van der Waals surface area contributed by atoms with Gasteiger partial charge in [-0.1, -0.05) is 0 Å². The molecule has 2 heterocycles. The van der Waals surface area contributed by atoms with Crippen LogP contribution in [0, 0.1) is 0 Å². The van der Waals surface area contributed by atoms with Crippen molar-refractivity contribution in [1.82, 2.24) is 5.23 Å². The quantitative estimate of drug-likeness (QED) is 0.515. The van der Waals surface area contributed by atoms with E-state index >= 15 is 0 Å². The zero-order chi connectivity index (χ0) is 11.5. The molecule has 0 aromatic rings. The molecule has 1 unspecified atom stereocenters. The van der Waals surface area contributed by atoms with Crippen LogP contribution in [0.4, 0.5) is 0 Å². The van der Waals surface area contributed by atoms with Crippen molar-refractivity contribution in [3.05, 3.63) is 12.2 Å². The van der Waals surface area contributed by atoms with Crippen molar-refractivity contribution in [2.24, 2.45) is 0 Å². The third-order valence-corrected chi connectivity index (χ3v) is 2.02. The zero-order valence-electron chi connectivity index (χ0n) is 8.25. The summed E-state index contributed by atoms with van der Waals surface area (Å²) in [5.74, 6) is -1.60. The van der Waals surface area contributed by atoms with Crippen molar-refractivity contribution in [3.63, 3.8) is 0 Å². The van der Waals surface area contributed by atoms with E-state index in [1.807, 2.05) is 0 Å². The molecule has 0 aliphatic carbocycles. The van der Waals surface area contributed by atoms with Crippen molar-refractivity contribution in [2.75, 3.05) is 6.61 Å². The SMILES string of the molecule is O=C1CCON2OC(=O)/C=C/C(=O)OC2C1. The summed E-state index contributed by atoms with van der Waals surface area (Å²) < 4.78 is 4.87. The molecule has 1 fully saturated rings. The molecule has 2 rings (SSSR count). The van der Waals surface area contributed by atoms with Crippen molar-refractivity contribution in [2.45, 2.75) is 19.1 Å². The molecule has 1 atom stereocenters. The number of carbonyl (C=O) groups is 3. The minimum Gasteiger partial charge on any atom is -0.437 e. The summed E-state index contributed by atoms with van der Waals surface area (Å²) in [7, 11) is 0. The summed E-state index contributed by atoms with van der Waals surface area (Å²) in [6.45, 7) is 0.0872. The smallest absolute Gasteiger partial charge is 0.352 e. The maximum absolute atomic E-state index is 11.3. The number of ether oxygens (including phenoxy) is 1. The van der Waals surface area contributed by atoms with Gasteiger partial charge >= 0.3 is 11.9 Å². The number of esters is 1. The van der Waals surface area contributed by atoms with Crippen LogP contribution in [0.2, 0.25) is 0 Å². The Morgan fingerprint density at radius 3 is 2.75 bits per heavy atom. The van der Waals surface area contributed by atoms with E-state index in [0.717, 1.165) is 17.4 Å². The zero-order valence-corrected chi connectivity index (χ0v) is 8.25.